The fourth-order valence-corrected chi connectivity index (χ4v) is 3.80. The Kier molecular flexibility index (Phi) is 5.21. The average Bonchev–Trinajstić information content (AvgIpc) is 3.28. The van der Waals surface area contributed by atoms with Gasteiger partial charge in [-0.25, -0.2) is 0 Å². The summed E-state index contributed by atoms with van der Waals surface area (Å²) in [6.45, 7) is 2.93. The van der Waals surface area contributed by atoms with E-state index in [4.69, 9.17) is 4.42 Å². The number of benzene rings is 2. The van der Waals surface area contributed by atoms with Crippen molar-refractivity contribution in [3.05, 3.63) is 94.9 Å². The first-order valence-corrected chi connectivity index (χ1v) is 9.74. The van der Waals surface area contributed by atoms with Gasteiger partial charge in [0.1, 0.15) is 6.04 Å². The number of carbonyl (C=O) groups is 2. The van der Waals surface area contributed by atoms with Crippen LogP contribution in [0.15, 0.2) is 71.3 Å². The summed E-state index contributed by atoms with van der Waals surface area (Å²) in [5.41, 5.74) is 4.42. The van der Waals surface area contributed by atoms with E-state index in [-0.39, 0.29) is 17.6 Å². The number of hydrogen-bond acceptors (Lipinski definition) is 3. The monoisotopic (exact) mass is 388 g/mol. The Balaban J connectivity index is 1.60. The minimum absolute atomic E-state index is 0.0695. The van der Waals surface area contributed by atoms with Gasteiger partial charge < -0.3 is 14.2 Å². The molecule has 0 spiro atoms. The molecule has 1 atom stereocenters. The normalized spacial score (nSPS) is 15.7. The first kappa shape index (κ1) is 19.0. The Morgan fingerprint density at radius 1 is 1.03 bits per heavy atom. The van der Waals surface area contributed by atoms with E-state index >= 15 is 0 Å². The van der Waals surface area contributed by atoms with Crippen LogP contribution in [0, 0.1) is 6.92 Å². The molecule has 1 unspecified atom stereocenters. The van der Waals surface area contributed by atoms with Crippen molar-refractivity contribution < 1.29 is 14.0 Å². The predicted molar refractivity (Wildman–Crippen MR) is 110 cm³/mol. The summed E-state index contributed by atoms with van der Waals surface area (Å²) in [4.78, 5) is 29.8. The van der Waals surface area contributed by atoms with Crippen LogP contribution >= 0.6 is 0 Å². The molecule has 1 aliphatic rings. The first-order chi connectivity index (χ1) is 14.0. The van der Waals surface area contributed by atoms with Crippen LogP contribution in [0.1, 0.15) is 32.8 Å². The number of aryl methyl sites for hydroxylation is 1. The lowest BCUT2D eigenvalue weighted by molar-refractivity contribution is -0.135. The van der Waals surface area contributed by atoms with Crippen molar-refractivity contribution in [2.75, 3.05) is 7.05 Å². The minimum atomic E-state index is -0.557. The zero-order valence-electron chi connectivity index (χ0n) is 16.7. The van der Waals surface area contributed by atoms with Crippen LogP contribution in [0.25, 0.3) is 0 Å². The summed E-state index contributed by atoms with van der Waals surface area (Å²) < 4.78 is 5.32. The van der Waals surface area contributed by atoms with E-state index in [2.05, 4.69) is 0 Å². The number of fused-ring (bicyclic) bond motifs is 1. The molecular weight excluding hydrogens is 364 g/mol. The van der Waals surface area contributed by atoms with E-state index in [1.807, 2.05) is 55.5 Å². The number of hydrogen-bond donors (Lipinski definition) is 0. The summed E-state index contributed by atoms with van der Waals surface area (Å²) in [5.74, 6) is -0.0741. The molecule has 0 saturated heterocycles. The number of nitrogens with zero attached hydrogens (tertiary/aromatic N) is 2. The van der Waals surface area contributed by atoms with Gasteiger partial charge in [-0.1, -0.05) is 54.1 Å². The molecule has 4 rings (SSSR count). The molecule has 29 heavy (non-hydrogen) atoms. The standard InChI is InChI=1S/C24H24N2O3/c1-17-9-11-18(12-10-17)15-25(2)23(27)21-14-19-6-3-4-7-20(19)16-26(21)24(28)22-8-5-13-29-22/h3-13,21H,14-16H2,1-2H3. The van der Waals surface area contributed by atoms with Gasteiger partial charge in [0, 0.05) is 26.6 Å². The molecule has 3 aromatic rings. The highest BCUT2D eigenvalue weighted by Crippen LogP contribution is 2.26. The van der Waals surface area contributed by atoms with Gasteiger partial charge in [0.05, 0.1) is 6.26 Å². The van der Waals surface area contributed by atoms with E-state index in [0.29, 0.717) is 19.5 Å². The topological polar surface area (TPSA) is 53.8 Å². The SMILES string of the molecule is Cc1ccc(CN(C)C(=O)C2Cc3ccccc3CN2C(=O)c2ccco2)cc1. The van der Waals surface area contributed by atoms with Crippen LogP contribution in [-0.4, -0.2) is 34.7 Å². The highest BCUT2D eigenvalue weighted by atomic mass is 16.3. The van der Waals surface area contributed by atoms with E-state index in [0.717, 1.165) is 16.7 Å². The summed E-state index contributed by atoms with van der Waals surface area (Å²) in [5, 5.41) is 0. The summed E-state index contributed by atoms with van der Waals surface area (Å²) in [6, 6.07) is 18.9. The quantitative estimate of drug-likeness (QED) is 0.683. The molecule has 0 aliphatic carbocycles. The predicted octanol–water partition coefficient (Wildman–Crippen LogP) is 3.81. The Morgan fingerprint density at radius 2 is 1.76 bits per heavy atom. The molecule has 2 aromatic carbocycles. The van der Waals surface area contributed by atoms with Crippen LogP contribution < -0.4 is 0 Å². The van der Waals surface area contributed by atoms with Crippen molar-refractivity contribution in [3.8, 4) is 0 Å². The van der Waals surface area contributed by atoms with Gasteiger partial charge in [0.15, 0.2) is 5.76 Å². The molecule has 0 bridgehead atoms. The van der Waals surface area contributed by atoms with E-state index in [1.54, 1.807) is 29.0 Å². The third kappa shape index (κ3) is 3.94. The van der Waals surface area contributed by atoms with Crippen molar-refractivity contribution in [2.24, 2.45) is 0 Å². The van der Waals surface area contributed by atoms with Crippen molar-refractivity contribution >= 4 is 11.8 Å². The number of carbonyl (C=O) groups excluding carboxylic acids is 2. The lowest BCUT2D eigenvalue weighted by Gasteiger charge is -2.37. The van der Waals surface area contributed by atoms with E-state index in [1.165, 1.54) is 11.8 Å². The van der Waals surface area contributed by atoms with Gasteiger partial charge in [-0.05, 0) is 35.7 Å². The van der Waals surface area contributed by atoms with Crippen LogP contribution in [0.5, 0.6) is 0 Å². The lowest BCUT2D eigenvalue weighted by Crippen LogP contribution is -2.52. The Hall–Kier alpha value is -3.34. The first-order valence-electron chi connectivity index (χ1n) is 9.74. The fourth-order valence-electron chi connectivity index (χ4n) is 3.80. The smallest absolute Gasteiger partial charge is 0.290 e. The van der Waals surface area contributed by atoms with Crippen molar-refractivity contribution in [1.82, 2.24) is 9.80 Å². The molecular formula is C24H24N2O3. The second-order valence-electron chi connectivity index (χ2n) is 7.58. The zero-order chi connectivity index (χ0) is 20.4. The van der Waals surface area contributed by atoms with Crippen molar-refractivity contribution in [3.63, 3.8) is 0 Å². The maximum Gasteiger partial charge on any atom is 0.290 e. The van der Waals surface area contributed by atoms with Crippen molar-refractivity contribution in [1.29, 1.82) is 0 Å². The highest BCUT2D eigenvalue weighted by molar-refractivity contribution is 5.96. The molecule has 0 radical (unpaired) electrons. The van der Waals surface area contributed by atoms with Gasteiger partial charge in [-0.3, -0.25) is 9.59 Å². The molecule has 5 heteroatoms. The average molecular weight is 388 g/mol. The molecule has 1 aromatic heterocycles. The van der Waals surface area contributed by atoms with E-state index in [9.17, 15) is 9.59 Å². The second kappa shape index (κ2) is 7.95. The van der Waals surface area contributed by atoms with Gasteiger partial charge in [-0.2, -0.15) is 0 Å². The fraction of sp³-hybridized carbons (Fsp3) is 0.250. The zero-order valence-corrected chi connectivity index (χ0v) is 16.7. The molecule has 5 nitrogen and oxygen atoms in total. The van der Waals surface area contributed by atoms with Gasteiger partial charge in [0.2, 0.25) is 5.91 Å². The number of rotatable bonds is 4. The van der Waals surface area contributed by atoms with E-state index < -0.39 is 6.04 Å². The molecule has 0 saturated carbocycles. The maximum atomic E-state index is 13.4. The molecule has 1 aliphatic heterocycles. The molecule has 0 fully saturated rings. The van der Waals surface area contributed by atoms with Gasteiger partial charge in [-0.15, -0.1) is 0 Å². The third-order valence-electron chi connectivity index (χ3n) is 5.44. The van der Waals surface area contributed by atoms with Crippen molar-refractivity contribution in [2.45, 2.75) is 32.5 Å². The maximum absolute atomic E-state index is 13.4. The van der Waals surface area contributed by atoms with Crippen LogP contribution in [0.2, 0.25) is 0 Å². The summed E-state index contributed by atoms with van der Waals surface area (Å²) in [6.07, 6.45) is 1.98. The molecule has 2 amide bonds. The van der Waals surface area contributed by atoms with Gasteiger partial charge in [0.25, 0.3) is 5.91 Å². The third-order valence-corrected chi connectivity index (χ3v) is 5.44. The Morgan fingerprint density at radius 3 is 2.45 bits per heavy atom. The summed E-state index contributed by atoms with van der Waals surface area (Å²) in [7, 11) is 1.79. The molecule has 0 N–H and O–H groups in total. The largest absolute Gasteiger partial charge is 0.459 e. The van der Waals surface area contributed by atoms with Crippen LogP contribution in [0.3, 0.4) is 0 Å². The number of furan rings is 1. The Labute approximate surface area is 170 Å². The van der Waals surface area contributed by atoms with Gasteiger partial charge >= 0.3 is 0 Å². The highest BCUT2D eigenvalue weighted by Gasteiger charge is 2.37. The molecule has 148 valence electrons. The second-order valence-corrected chi connectivity index (χ2v) is 7.58. The number of amides is 2. The molecule has 2 heterocycles. The van der Waals surface area contributed by atoms with Crippen LogP contribution in [-0.2, 0) is 24.3 Å². The Bertz CT molecular complexity index is 1010. The number of likely N-dealkylation sites (N-methyl/N-ethyl adjacent to an activating group) is 1. The minimum Gasteiger partial charge on any atom is -0.459 e. The summed E-state index contributed by atoms with van der Waals surface area (Å²) >= 11 is 0. The lowest BCUT2D eigenvalue weighted by atomic mass is 9.93. The van der Waals surface area contributed by atoms with Crippen LogP contribution in [0.4, 0.5) is 0 Å².